The monoisotopic (exact) mass is 473 g/mol. The normalized spacial score (nSPS) is 11.9. The van der Waals surface area contributed by atoms with Crippen molar-refractivity contribution in [1.29, 1.82) is 0 Å². The molecule has 0 spiro atoms. The molecule has 8 nitrogen and oxygen atoms in total. The van der Waals surface area contributed by atoms with E-state index in [9.17, 15) is 14.9 Å². The van der Waals surface area contributed by atoms with E-state index in [1.807, 2.05) is 67.6 Å². The smallest absolute Gasteiger partial charge is 0.269 e. The first-order chi connectivity index (χ1) is 16.4. The highest BCUT2D eigenvalue weighted by Gasteiger charge is 2.23. The first-order valence-corrected chi connectivity index (χ1v) is 11.5. The number of thioether (sulfide) groups is 1. The summed E-state index contributed by atoms with van der Waals surface area (Å²) in [4.78, 5) is 23.6. The third-order valence-electron chi connectivity index (χ3n) is 5.38. The average molecular weight is 474 g/mol. The van der Waals surface area contributed by atoms with E-state index in [4.69, 9.17) is 0 Å². The Kier molecular flexibility index (Phi) is 7.03. The van der Waals surface area contributed by atoms with E-state index < -0.39 is 10.2 Å². The number of benzene rings is 3. The molecule has 1 heterocycles. The van der Waals surface area contributed by atoms with Crippen LogP contribution in [0.1, 0.15) is 24.1 Å². The molecule has 1 aromatic heterocycles. The first-order valence-electron chi connectivity index (χ1n) is 10.6. The Hall–Kier alpha value is -3.98. The van der Waals surface area contributed by atoms with E-state index in [1.165, 1.54) is 23.9 Å². The number of nitro groups is 1. The van der Waals surface area contributed by atoms with Crippen LogP contribution in [-0.4, -0.2) is 30.8 Å². The van der Waals surface area contributed by atoms with Crippen molar-refractivity contribution < 1.29 is 9.72 Å². The molecular weight excluding hydrogens is 450 g/mol. The number of nitrogens with zero attached hydrogens (tertiary/aromatic N) is 4. The van der Waals surface area contributed by atoms with Gasteiger partial charge in [-0.3, -0.25) is 14.9 Å². The average Bonchev–Trinajstić information content (AvgIpc) is 3.23. The van der Waals surface area contributed by atoms with Gasteiger partial charge in [0.25, 0.3) is 5.69 Å². The summed E-state index contributed by atoms with van der Waals surface area (Å²) in [6, 6.07) is 25.5. The summed E-state index contributed by atoms with van der Waals surface area (Å²) < 4.78 is 1.78. The number of carbonyl (C=O) groups is 1. The van der Waals surface area contributed by atoms with Crippen LogP contribution in [0.2, 0.25) is 0 Å². The van der Waals surface area contributed by atoms with E-state index in [2.05, 4.69) is 15.5 Å². The van der Waals surface area contributed by atoms with Gasteiger partial charge in [-0.25, -0.2) is 0 Å². The van der Waals surface area contributed by atoms with Crippen LogP contribution in [0, 0.1) is 10.1 Å². The molecule has 1 N–H and O–H groups in total. The van der Waals surface area contributed by atoms with Crippen molar-refractivity contribution in [3.8, 4) is 11.4 Å². The first kappa shape index (κ1) is 23.2. The fourth-order valence-electron chi connectivity index (χ4n) is 3.52. The van der Waals surface area contributed by atoms with Crippen molar-refractivity contribution in [3.05, 3.63) is 106 Å². The summed E-state index contributed by atoms with van der Waals surface area (Å²) in [6.07, 6.45) is 0. The lowest BCUT2D eigenvalue weighted by Gasteiger charge is -2.22. The maximum Gasteiger partial charge on any atom is 0.269 e. The van der Waals surface area contributed by atoms with Crippen molar-refractivity contribution in [2.24, 2.45) is 7.05 Å². The van der Waals surface area contributed by atoms with Crippen LogP contribution in [0.5, 0.6) is 0 Å². The molecule has 0 saturated heterocycles. The number of hydrogen-bond acceptors (Lipinski definition) is 6. The molecule has 0 saturated carbocycles. The highest BCUT2D eigenvalue weighted by molar-refractivity contribution is 8.00. The summed E-state index contributed by atoms with van der Waals surface area (Å²) in [5.74, 6) is 0.444. The number of rotatable bonds is 8. The van der Waals surface area contributed by atoms with Crippen LogP contribution in [-0.2, 0) is 11.8 Å². The second-order valence-corrected chi connectivity index (χ2v) is 9.00. The molecule has 0 fully saturated rings. The molecule has 4 rings (SSSR count). The zero-order valence-electron chi connectivity index (χ0n) is 18.7. The molecule has 172 valence electrons. The molecule has 0 aliphatic rings. The lowest BCUT2D eigenvalue weighted by Crippen LogP contribution is -2.35. The summed E-state index contributed by atoms with van der Waals surface area (Å²) in [6.45, 7) is 1.83. The van der Waals surface area contributed by atoms with Crippen LogP contribution >= 0.6 is 11.8 Å². The molecule has 0 radical (unpaired) electrons. The maximum atomic E-state index is 13.1. The van der Waals surface area contributed by atoms with Crippen LogP contribution in [0.4, 0.5) is 5.69 Å². The van der Waals surface area contributed by atoms with E-state index in [0.717, 1.165) is 11.1 Å². The van der Waals surface area contributed by atoms with Gasteiger partial charge in [0.1, 0.15) is 0 Å². The second-order valence-electron chi connectivity index (χ2n) is 7.69. The van der Waals surface area contributed by atoms with Crippen LogP contribution in [0.3, 0.4) is 0 Å². The topological polar surface area (TPSA) is 103 Å². The number of non-ortho nitro benzene ring substituents is 1. The predicted octanol–water partition coefficient (Wildman–Crippen LogP) is 4.78. The summed E-state index contributed by atoms with van der Waals surface area (Å²) in [5.41, 5.74) is 2.71. The Bertz CT molecular complexity index is 1240. The van der Waals surface area contributed by atoms with Gasteiger partial charge < -0.3 is 9.88 Å². The second kappa shape index (κ2) is 10.3. The van der Waals surface area contributed by atoms with Gasteiger partial charge in [-0.15, -0.1) is 10.2 Å². The lowest BCUT2D eigenvalue weighted by atomic mass is 9.98. The molecule has 4 aromatic rings. The number of nitro benzene ring substituents is 1. The highest BCUT2D eigenvalue weighted by atomic mass is 32.2. The van der Waals surface area contributed by atoms with Crippen LogP contribution in [0.15, 0.2) is 90.1 Å². The van der Waals surface area contributed by atoms with E-state index in [0.29, 0.717) is 16.5 Å². The Balaban J connectivity index is 1.49. The van der Waals surface area contributed by atoms with E-state index >= 15 is 0 Å². The molecule has 1 atom stereocenters. The fraction of sp³-hybridized carbons (Fsp3) is 0.160. The minimum absolute atomic E-state index is 0.0113. The number of carbonyl (C=O) groups excluding carboxylic acids is 1. The summed E-state index contributed by atoms with van der Waals surface area (Å²) >= 11 is 1.30. The minimum Gasteiger partial charge on any atom is -0.344 e. The van der Waals surface area contributed by atoms with Crippen molar-refractivity contribution in [3.63, 3.8) is 0 Å². The van der Waals surface area contributed by atoms with Crippen LogP contribution < -0.4 is 5.32 Å². The van der Waals surface area contributed by atoms with Gasteiger partial charge in [0, 0.05) is 24.7 Å². The highest BCUT2D eigenvalue weighted by Crippen LogP contribution is 2.28. The molecular formula is C25H23N5O3S. The standard InChI is InChI=1S/C25H23N5O3S/c1-17(24(31)26-22(18-9-5-3-6-10-18)19-11-7-4-8-12-19)34-25-28-27-23(29(25)2)20-13-15-21(16-14-20)30(32)33/h3-17,22H,1-2H3,(H,26,31). The van der Waals surface area contributed by atoms with Crippen molar-refractivity contribution >= 4 is 23.4 Å². The van der Waals surface area contributed by atoms with E-state index in [-0.39, 0.29) is 17.6 Å². The lowest BCUT2D eigenvalue weighted by molar-refractivity contribution is -0.384. The Morgan fingerprint density at radius 1 is 0.941 bits per heavy atom. The molecule has 34 heavy (non-hydrogen) atoms. The minimum atomic E-state index is -0.444. The number of hydrogen-bond donors (Lipinski definition) is 1. The quantitative estimate of drug-likeness (QED) is 0.224. The number of nitrogens with one attached hydrogen (secondary N) is 1. The molecule has 0 aliphatic heterocycles. The maximum absolute atomic E-state index is 13.1. The molecule has 9 heteroatoms. The van der Waals surface area contributed by atoms with E-state index in [1.54, 1.807) is 23.7 Å². The zero-order chi connectivity index (χ0) is 24.1. The third kappa shape index (κ3) is 5.15. The van der Waals surface area contributed by atoms with Gasteiger partial charge in [0.2, 0.25) is 5.91 Å². The third-order valence-corrected chi connectivity index (χ3v) is 6.51. The molecule has 0 bridgehead atoms. The Morgan fingerprint density at radius 3 is 2.03 bits per heavy atom. The Labute approximate surface area is 201 Å². The molecule has 0 aliphatic carbocycles. The molecule has 1 unspecified atom stereocenters. The van der Waals surface area contributed by atoms with Gasteiger partial charge in [-0.05, 0) is 30.2 Å². The number of amides is 1. The summed E-state index contributed by atoms with van der Waals surface area (Å²) in [5, 5.41) is 22.7. The van der Waals surface area contributed by atoms with Crippen molar-refractivity contribution in [2.45, 2.75) is 23.4 Å². The van der Waals surface area contributed by atoms with Crippen molar-refractivity contribution in [1.82, 2.24) is 20.1 Å². The largest absolute Gasteiger partial charge is 0.344 e. The SMILES string of the molecule is CC(Sc1nnc(-c2ccc([N+](=O)[O-])cc2)n1C)C(=O)NC(c1ccccc1)c1ccccc1. The van der Waals surface area contributed by atoms with Gasteiger partial charge >= 0.3 is 0 Å². The van der Waals surface area contributed by atoms with Gasteiger partial charge in [-0.1, -0.05) is 72.4 Å². The Morgan fingerprint density at radius 2 is 1.50 bits per heavy atom. The predicted molar refractivity (Wildman–Crippen MR) is 131 cm³/mol. The van der Waals surface area contributed by atoms with Gasteiger partial charge in [-0.2, -0.15) is 0 Å². The van der Waals surface area contributed by atoms with Gasteiger partial charge in [0.05, 0.1) is 16.2 Å². The zero-order valence-corrected chi connectivity index (χ0v) is 19.5. The fourth-order valence-corrected chi connectivity index (χ4v) is 4.35. The molecule has 3 aromatic carbocycles. The van der Waals surface area contributed by atoms with Gasteiger partial charge in [0.15, 0.2) is 11.0 Å². The molecule has 1 amide bonds. The number of aromatic nitrogens is 3. The summed E-state index contributed by atoms with van der Waals surface area (Å²) in [7, 11) is 1.81. The van der Waals surface area contributed by atoms with Crippen LogP contribution in [0.25, 0.3) is 11.4 Å². The van der Waals surface area contributed by atoms with Crippen molar-refractivity contribution in [2.75, 3.05) is 0 Å².